The van der Waals surface area contributed by atoms with Gasteiger partial charge in [-0.25, -0.2) is 5.06 Å². The number of carbonyl (C=O) groups excluding carboxylic acids is 1. The van der Waals surface area contributed by atoms with Gasteiger partial charge in [-0.3, -0.25) is 14.2 Å². The summed E-state index contributed by atoms with van der Waals surface area (Å²) in [6, 6.07) is 5.21. The highest BCUT2D eigenvalue weighted by atomic mass is 31.2. The van der Waals surface area contributed by atoms with Gasteiger partial charge in [-0.2, -0.15) is 0 Å². The summed E-state index contributed by atoms with van der Waals surface area (Å²) in [4.78, 5) is 34.6. The van der Waals surface area contributed by atoms with Crippen molar-refractivity contribution in [3.05, 3.63) is 23.8 Å². The first kappa shape index (κ1) is 19.4. The van der Waals surface area contributed by atoms with E-state index in [4.69, 9.17) is 24.1 Å². The molecule has 8 nitrogen and oxygen atoms in total. The number of ether oxygens (including phenoxy) is 2. The van der Waals surface area contributed by atoms with E-state index < -0.39 is 7.60 Å². The van der Waals surface area contributed by atoms with Crippen LogP contribution in [0.5, 0.6) is 11.5 Å². The Morgan fingerprint density at radius 3 is 2.17 bits per heavy atom. The monoisotopic (exact) mass is 347 g/mol. The second kappa shape index (κ2) is 8.88. The molecule has 0 radical (unpaired) electrons. The first-order valence-electron chi connectivity index (χ1n) is 6.92. The fraction of sp³-hybridized carbons (Fsp3) is 0.500. The van der Waals surface area contributed by atoms with Crippen LogP contribution in [-0.2, 0) is 20.8 Å². The Kier molecular flexibility index (Phi) is 7.51. The van der Waals surface area contributed by atoms with E-state index in [1.165, 1.54) is 21.1 Å². The zero-order valence-electron chi connectivity index (χ0n) is 13.4. The van der Waals surface area contributed by atoms with Gasteiger partial charge in [-0.1, -0.05) is 0 Å². The van der Waals surface area contributed by atoms with Gasteiger partial charge in [0.15, 0.2) is 0 Å². The molecule has 0 saturated heterocycles. The van der Waals surface area contributed by atoms with E-state index in [-0.39, 0.29) is 31.6 Å². The van der Waals surface area contributed by atoms with Gasteiger partial charge in [0.1, 0.15) is 18.1 Å². The molecule has 2 N–H and O–H groups in total. The number of carbonyl (C=O) groups is 1. The van der Waals surface area contributed by atoms with Gasteiger partial charge in [0.2, 0.25) is 5.91 Å². The number of hydrogen-bond donors (Lipinski definition) is 2. The van der Waals surface area contributed by atoms with E-state index in [0.717, 1.165) is 10.6 Å². The SMILES string of the molecule is COc1cc(CON(CCCP(=O)(O)O)C(C)=O)cc(OC)c1. The highest BCUT2D eigenvalue weighted by Crippen LogP contribution is 2.34. The predicted octanol–water partition coefficient (Wildman–Crippen LogP) is 1.55. The van der Waals surface area contributed by atoms with Crippen LogP contribution in [0.25, 0.3) is 0 Å². The van der Waals surface area contributed by atoms with Crippen molar-refractivity contribution in [1.82, 2.24) is 5.06 Å². The molecule has 9 heteroatoms. The van der Waals surface area contributed by atoms with Crippen molar-refractivity contribution in [1.29, 1.82) is 0 Å². The number of hydroxylamine groups is 2. The molecular weight excluding hydrogens is 325 g/mol. The van der Waals surface area contributed by atoms with Crippen molar-refractivity contribution in [2.24, 2.45) is 0 Å². The third kappa shape index (κ3) is 7.47. The van der Waals surface area contributed by atoms with Gasteiger partial charge < -0.3 is 19.3 Å². The van der Waals surface area contributed by atoms with Crippen LogP contribution in [0.4, 0.5) is 0 Å². The summed E-state index contributed by atoms with van der Waals surface area (Å²) in [5.74, 6) is 0.850. The van der Waals surface area contributed by atoms with Crippen LogP contribution in [0.2, 0.25) is 0 Å². The van der Waals surface area contributed by atoms with E-state index in [9.17, 15) is 9.36 Å². The van der Waals surface area contributed by atoms with E-state index in [1.54, 1.807) is 18.2 Å². The van der Waals surface area contributed by atoms with Crippen LogP contribution in [0, 0.1) is 0 Å². The molecule has 1 amide bonds. The maximum absolute atomic E-state index is 11.5. The lowest BCUT2D eigenvalue weighted by atomic mass is 10.2. The van der Waals surface area contributed by atoms with Crippen molar-refractivity contribution in [3.63, 3.8) is 0 Å². The lowest BCUT2D eigenvalue weighted by Crippen LogP contribution is -2.30. The third-order valence-corrected chi connectivity index (χ3v) is 3.86. The standard InChI is InChI=1S/C14H22NO7P/c1-11(16)15(5-4-6-23(17,18)19)22-10-12-7-13(20-2)9-14(8-12)21-3/h7-9H,4-6,10H2,1-3H3,(H2,17,18,19). The second-order valence-electron chi connectivity index (χ2n) is 4.86. The number of benzene rings is 1. The van der Waals surface area contributed by atoms with Crippen LogP contribution in [-0.4, -0.2) is 47.7 Å². The minimum atomic E-state index is -4.08. The normalized spacial score (nSPS) is 11.2. The third-order valence-electron chi connectivity index (χ3n) is 2.96. The molecule has 0 aliphatic heterocycles. The van der Waals surface area contributed by atoms with Crippen LogP contribution in [0.3, 0.4) is 0 Å². The maximum Gasteiger partial charge on any atom is 0.325 e. The molecule has 0 aliphatic rings. The van der Waals surface area contributed by atoms with E-state index >= 15 is 0 Å². The van der Waals surface area contributed by atoms with Crippen LogP contribution in [0.15, 0.2) is 18.2 Å². The summed E-state index contributed by atoms with van der Waals surface area (Å²) in [5, 5.41) is 1.08. The Bertz CT molecular complexity index is 550. The molecule has 0 aromatic heterocycles. The summed E-state index contributed by atoms with van der Waals surface area (Å²) in [6.07, 6.45) is -0.154. The molecule has 0 unspecified atom stereocenters. The number of amides is 1. The van der Waals surface area contributed by atoms with Gasteiger partial charge in [0.25, 0.3) is 0 Å². The minimum absolute atomic E-state index is 0.0988. The summed E-state index contributed by atoms with van der Waals surface area (Å²) in [6.45, 7) is 1.52. The predicted molar refractivity (Wildman–Crippen MR) is 83.3 cm³/mol. The smallest absolute Gasteiger partial charge is 0.325 e. The van der Waals surface area contributed by atoms with Crippen molar-refractivity contribution in [2.45, 2.75) is 20.0 Å². The van der Waals surface area contributed by atoms with Crippen molar-refractivity contribution in [2.75, 3.05) is 26.9 Å². The zero-order chi connectivity index (χ0) is 17.5. The largest absolute Gasteiger partial charge is 0.497 e. The summed E-state index contributed by atoms with van der Waals surface area (Å²) < 4.78 is 21.1. The van der Waals surface area contributed by atoms with Gasteiger partial charge in [-0.15, -0.1) is 0 Å². The highest BCUT2D eigenvalue weighted by Gasteiger charge is 2.16. The Hall–Kier alpha value is -1.60. The summed E-state index contributed by atoms with van der Waals surface area (Å²) >= 11 is 0. The van der Waals surface area contributed by atoms with Crippen LogP contribution < -0.4 is 9.47 Å². The first-order valence-corrected chi connectivity index (χ1v) is 8.72. The van der Waals surface area contributed by atoms with Crippen LogP contribution in [0.1, 0.15) is 18.9 Å². The second-order valence-corrected chi connectivity index (χ2v) is 6.63. The lowest BCUT2D eigenvalue weighted by Gasteiger charge is -2.20. The zero-order valence-corrected chi connectivity index (χ0v) is 14.3. The molecule has 0 spiro atoms. The maximum atomic E-state index is 11.5. The highest BCUT2D eigenvalue weighted by molar-refractivity contribution is 7.51. The average Bonchev–Trinajstić information content (AvgIpc) is 2.48. The average molecular weight is 347 g/mol. The van der Waals surface area contributed by atoms with Crippen LogP contribution >= 0.6 is 7.60 Å². The lowest BCUT2D eigenvalue weighted by molar-refractivity contribution is -0.189. The molecule has 23 heavy (non-hydrogen) atoms. The fourth-order valence-electron chi connectivity index (χ4n) is 1.84. The molecule has 0 saturated carbocycles. The van der Waals surface area contributed by atoms with E-state index in [0.29, 0.717) is 11.5 Å². The molecule has 0 aliphatic carbocycles. The molecule has 0 fully saturated rings. The molecule has 1 aromatic rings. The molecule has 130 valence electrons. The molecule has 0 bridgehead atoms. The van der Waals surface area contributed by atoms with Gasteiger partial charge >= 0.3 is 7.60 Å². The number of methoxy groups -OCH3 is 2. The fourth-order valence-corrected chi connectivity index (χ4v) is 2.39. The summed E-state index contributed by atoms with van der Waals surface area (Å²) in [7, 11) is -1.01. The van der Waals surface area contributed by atoms with E-state index in [2.05, 4.69) is 0 Å². The van der Waals surface area contributed by atoms with E-state index in [1.807, 2.05) is 0 Å². The molecular formula is C14H22NO7P. The van der Waals surface area contributed by atoms with Crippen molar-refractivity contribution >= 4 is 13.5 Å². The van der Waals surface area contributed by atoms with Crippen molar-refractivity contribution in [3.8, 4) is 11.5 Å². The Morgan fingerprint density at radius 1 is 1.17 bits per heavy atom. The molecule has 0 heterocycles. The molecule has 1 rings (SSSR count). The number of nitrogens with zero attached hydrogens (tertiary/aromatic N) is 1. The topological polar surface area (TPSA) is 106 Å². The Labute approximate surface area is 135 Å². The number of hydrogen-bond acceptors (Lipinski definition) is 5. The number of rotatable bonds is 9. The quantitative estimate of drug-likeness (QED) is 0.516. The molecule has 1 aromatic carbocycles. The van der Waals surface area contributed by atoms with Gasteiger partial charge in [0.05, 0.1) is 20.4 Å². The molecule has 0 atom stereocenters. The van der Waals surface area contributed by atoms with Crippen molar-refractivity contribution < 1.29 is 33.5 Å². The minimum Gasteiger partial charge on any atom is -0.497 e. The summed E-state index contributed by atoms with van der Waals surface area (Å²) in [5.41, 5.74) is 0.738. The van der Waals surface area contributed by atoms with Gasteiger partial charge in [-0.05, 0) is 24.1 Å². The first-order chi connectivity index (χ1) is 10.7. The Morgan fingerprint density at radius 2 is 1.74 bits per heavy atom. The Balaban J connectivity index is 2.64. The van der Waals surface area contributed by atoms with Gasteiger partial charge in [0, 0.05) is 19.5 Å².